The van der Waals surface area contributed by atoms with E-state index < -0.39 is 35.3 Å². The zero-order valence-electron chi connectivity index (χ0n) is 20.2. The Morgan fingerprint density at radius 2 is 1.91 bits per heavy atom. The Bertz CT molecular complexity index is 1130. The fourth-order valence-corrected chi connectivity index (χ4v) is 6.15. The van der Waals surface area contributed by atoms with E-state index in [-0.39, 0.29) is 18.9 Å². The maximum Gasteiger partial charge on any atom is 0.414 e. The van der Waals surface area contributed by atoms with Crippen molar-refractivity contribution >= 4 is 23.4 Å². The number of aliphatic hydroxyl groups excluding tert-OH is 1. The lowest BCUT2D eigenvalue weighted by Crippen LogP contribution is -2.45. The molecule has 2 fully saturated rings. The molecule has 0 saturated carbocycles. The van der Waals surface area contributed by atoms with Crippen molar-refractivity contribution in [2.24, 2.45) is 11.8 Å². The Hall–Kier alpha value is -2.97. The molecule has 2 saturated heterocycles. The number of halogens is 1. The van der Waals surface area contributed by atoms with Gasteiger partial charge in [0.2, 0.25) is 0 Å². The number of amides is 2. The van der Waals surface area contributed by atoms with Gasteiger partial charge in [0, 0.05) is 29.7 Å². The van der Waals surface area contributed by atoms with Crippen molar-refractivity contribution in [3.05, 3.63) is 59.7 Å². The lowest BCUT2D eigenvalue weighted by molar-refractivity contribution is -0.146. The summed E-state index contributed by atoms with van der Waals surface area (Å²) in [5.74, 6) is -1.37. The second-order valence-corrected chi connectivity index (χ2v) is 10.1. The number of hydrogen-bond acceptors (Lipinski definition) is 5. The van der Waals surface area contributed by atoms with E-state index in [1.54, 1.807) is 11.0 Å². The van der Waals surface area contributed by atoms with Gasteiger partial charge in [-0.2, -0.15) is 0 Å². The van der Waals surface area contributed by atoms with E-state index in [1.807, 2.05) is 49.4 Å². The van der Waals surface area contributed by atoms with Crippen LogP contribution in [-0.4, -0.2) is 48.6 Å². The molecule has 35 heavy (non-hydrogen) atoms. The third kappa shape index (κ3) is 3.70. The summed E-state index contributed by atoms with van der Waals surface area (Å²) >= 11 is 0. The number of carbonyl (C=O) groups is 2. The van der Waals surface area contributed by atoms with Gasteiger partial charge in [-0.3, -0.25) is 9.69 Å². The van der Waals surface area contributed by atoms with Crippen LogP contribution in [0.1, 0.15) is 38.3 Å². The van der Waals surface area contributed by atoms with Crippen molar-refractivity contribution in [2.75, 3.05) is 29.6 Å². The van der Waals surface area contributed by atoms with Gasteiger partial charge < -0.3 is 19.5 Å². The molecule has 0 unspecified atom stereocenters. The van der Waals surface area contributed by atoms with Crippen molar-refractivity contribution in [1.82, 2.24) is 0 Å². The van der Waals surface area contributed by atoms with Crippen molar-refractivity contribution in [2.45, 2.75) is 51.1 Å². The van der Waals surface area contributed by atoms with Crippen LogP contribution in [0.15, 0.2) is 48.5 Å². The fourth-order valence-electron chi connectivity index (χ4n) is 6.15. The highest BCUT2D eigenvalue weighted by atomic mass is 19.1. The summed E-state index contributed by atoms with van der Waals surface area (Å²) in [5, 5.41) is 9.70. The van der Waals surface area contributed by atoms with E-state index in [2.05, 4.69) is 0 Å². The standard InChI is InChI=1S/C27H31FN2O5/c1-17-23(26(2,3)28)22(11-13-31)35-27(17)20-15-19(29-12-14-34-25(29)33)9-10-21(20)30(24(27)32)16-18-7-5-4-6-8-18/h4-10,15,17,22-23,31H,11-14,16H2,1-3H3/t17-,22+,23-,27+/m0/s1. The number of aliphatic hydroxyl groups is 1. The molecule has 3 heterocycles. The number of nitrogens with zero attached hydrogens (tertiary/aromatic N) is 2. The van der Waals surface area contributed by atoms with Crippen LogP contribution in [0, 0.1) is 11.8 Å². The van der Waals surface area contributed by atoms with E-state index >= 15 is 4.39 Å². The maximum absolute atomic E-state index is 15.5. The third-order valence-electron chi connectivity index (χ3n) is 7.61. The lowest BCUT2D eigenvalue weighted by atomic mass is 9.71. The highest BCUT2D eigenvalue weighted by Crippen LogP contribution is 2.59. The van der Waals surface area contributed by atoms with Gasteiger partial charge in [-0.05, 0) is 44.0 Å². The molecule has 2 aromatic rings. The van der Waals surface area contributed by atoms with Gasteiger partial charge in [-0.25, -0.2) is 9.18 Å². The van der Waals surface area contributed by atoms with Crippen LogP contribution in [0.25, 0.3) is 0 Å². The smallest absolute Gasteiger partial charge is 0.414 e. The Labute approximate surface area is 204 Å². The predicted molar refractivity (Wildman–Crippen MR) is 129 cm³/mol. The molecule has 4 atom stereocenters. The molecule has 2 aromatic carbocycles. The quantitative estimate of drug-likeness (QED) is 0.669. The van der Waals surface area contributed by atoms with Gasteiger partial charge in [0.1, 0.15) is 12.3 Å². The van der Waals surface area contributed by atoms with Gasteiger partial charge in [0.15, 0.2) is 5.60 Å². The van der Waals surface area contributed by atoms with E-state index in [9.17, 15) is 14.7 Å². The zero-order valence-corrected chi connectivity index (χ0v) is 20.2. The van der Waals surface area contributed by atoms with Gasteiger partial charge in [0.25, 0.3) is 5.91 Å². The first-order chi connectivity index (χ1) is 16.7. The molecule has 3 aliphatic heterocycles. The highest BCUT2D eigenvalue weighted by Gasteiger charge is 2.66. The minimum Gasteiger partial charge on any atom is -0.447 e. The number of alkyl halides is 1. The number of cyclic esters (lactones) is 1. The SMILES string of the molecule is C[C@H]1[C@H](C(C)(C)F)[C@@H](CCO)O[C@]12C(=O)N(Cc1ccccc1)c1ccc(N3CCOC3=O)cc12. The summed E-state index contributed by atoms with van der Waals surface area (Å²) in [5.41, 5.74) is -0.183. The molecule has 1 N–H and O–H groups in total. The Balaban J connectivity index is 1.65. The average molecular weight is 483 g/mol. The Morgan fingerprint density at radius 1 is 1.17 bits per heavy atom. The molecule has 0 aromatic heterocycles. The summed E-state index contributed by atoms with van der Waals surface area (Å²) in [6, 6.07) is 15.1. The molecule has 186 valence electrons. The molecule has 5 rings (SSSR count). The number of hydrogen-bond donors (Lipinski definition) is 1. The van der Waals surface area contributed by atoms with Crippen molar-refractivity contribution < 1.29 is 28.6 Å². The fraction of sp³-hybridized carbons (Fsp3) is 0.481. The van der Waals surface area contributed by atoms with Gasteiger partial charge in [-0.1, -0.05) is 37.3 Å². The van der Waals surface area contributed by atoms with Crippen LogP contribution in [0.4, 0.5) is 20.6 Å². The molecular formula is C27H31FN2O5. The maximum atomic E-state index is 15.5. The topological polar surface area (TPSA) is 79.3 Å². The molecule has 0 radical (unpaired) electrons. The van der Waals surface area contributed by atoms with E-state index in [0.717, 1.165) is 5.56 Å². The molecule has 0 aliphatic carbocycles. The van der Waals surface area contributed by atoms with Crippen LogP contribution in [0.2, 0.25) is 0 Å². The van der Waals surface area contributed by atoms with Crippen LogP contribution in [0.3, 0.4) is 0 Å². The molecule has 0 bridgehead atoms. The summed E-state index contributed by atoms with van der Waals surface area (Å²) in [7, 11) is 0. The molecule has 7 nitrogen and oxygen atoms in total. The average Bonchev–Trinajstić information content (AvgIpc) is 3.44. The highest BCUT2D eigenvalue weighted by molar-refractivity contribution is 6.08. The van der Waals surface area contributed by atoms with Crippen molar-refractivity contribution in [3.63, 3.8) is 0 Å². The Morgan fingerprint density at radius 3 is 2.54 bits per heavy atom. The summed E-state index contributed by atoms with van der Waals surface area (Å²) in [6.07, 6.45) is -0.849. The normalized spacial score (nSPS) is 28.2. The first-order valence-corrected chi connectivity index (χ1v) is 12.1. The number of carbonyl (C=O) groups excluding carboxylic acids is 2. The third-order valence-corrected chi connectivity index (χ3v) is 7.61. The van der Waals surface area contributed by atoms with Crippen LogP contribution in [0.5, 0.6) is 0 Å². The minimum absolute atomic E-state index is 0.172. The minimum atomic E-state index is -1.63. The summed E-state index contributed by atoms with van der Waals surface area (Å²) in [4.78, 5) is 29.7. The van der Waals surface area contributed by atoms with Gasteiger partial charge in [-0.15, -0.1) is 0 Å². The van der Waals surface area contributed by atoms with Crippen molar-refractivity contribution in [3.8, 4) is 0 Å². The van der Waals surface area contributed by atoms with Crippen LogP contribution < -0.4 is 9.80 Å². The number of ether oxygens (including phenoxy) is 2. The van der Waals surface area contributed by atoms with Gasteiger partial charge in [0.05, 0.1) is 24.9 Å². The monoisotopic (exact) mass is 482 g/mol. The van der Waals surface area contributed by atoms with E-state index in [1.165, 1.54) is 18.7 Å². The van der Waals surface area contributed by atoms with Crippen LogP contribution in [-0.2, 0) is 26.4 Å². The number of fused-ring (bicyclic) bond motifs is 2. The molecule has 3 aliphatic rings. The second-order valence-electron chi connectivity index (χ2n) is 10.1. The molecule has 2 amide bonds. The van der Waals surface area contributed by atoms with Crippen LogP contribution >= 0.6 is 0 Å². The Kier molecular flexibility index (Phi) is 5.84. The number of benzene rings is 2. The zero-order chi connectivity index (χ0) is 25.0. The van der Waals surface area contributed by atoms with E-state index in [0.29, 0.717) is 36.6 Å². The number of anilines is 2. The lowest BCUT2D eigenvalue weighted by Gasteiger charge is -2.32. The first kappa shape index (κ1) is 23.8. The predicted octanol–water partition coefficient (Wildman–Crippen LogP) is 4.17. The molecular weight excluding hydrogens is 451 g/mol. The van der Waals surface area contributed by atoms with E-state index in [4.69, 9.17) is 9.47 Å². The summed E-state index contributed by atoms with van der Waals surface area (Å²) in [6.45, 7) is 5.73. The van der Waals surface area contributed by atoms with Crippen molar-refractivity contribution in [1.29, 1.82) is 0 Å². The first-order valence-electron chi connectivity index (χ1n) is 12.1. The largest absolute Gasteiger partial charge is 0.447 e. The molecule has 8 heteroatoms. The second kappa shape index (κ2) is 8.60. The molecule has 1 spiro atoms. The number of rotatable bonds is 6. The summed E-state index contributed by atoms with van der Waals surface area (Å²) < 4.78 is 27.2. The van der Waals surface area contributed by atoms with Gasteiger partial charge >= 0.3 is 6.09 Å².